The van der Waals surface area contributed by atoms with Crippen LogP contribution in [0.5, 0.6) is 0 Å². The lowest BCUT2D eigenvalue weighted by Gasteiger charge is -2.35. The number of carbonyl (C=O) groups is 4. The number of carbonyl (C=O) groups excluding carboxylic acids is 4. The molecule has 1 spiro atoms. The maximum atomic E-state index is 13.5. The molecule has 10 heteroatoms. The van der Waals surface area contributed by atoms with Crippen molar-refractivity contribution in [2.75, 3.05) is 6.54 Å². The molecule has 3 N–H and O–H groups in total. The van der Waals surface area contributed by atoms with E-state index in [0.717, 1.165) is 10.8 Å². The van der Waals surface area contributed by atoms with Crippen molar-refractivity contribution in [3.8, 4) is 0 Å². The zero-order valence-electron chi connectivity index (χ0n) is 24.0. The van der Waals surface area contributed by atoms with Gasteiger partial charge in [0, 0.05) is 23.7 Å². The Labute approximate surface area is 239 Å². The van der Waals surface area contributed by atoms with Crippen LogP contribution in [0.3, 0.4) is 0 Å². The molecular formula is C31H37N5O5. The van der Waals surface area contributed by atoms with Crippen molar-refractivity contribution < 1.29 is 23.9 Å². The highest BCUT2D eigenvalue weighted by Crippen LogP contribution is 2.48. The first-order valence-electron chi connectivity index (χ1n) is 14.1. The number of ether oxygens (including phenoxy) is 1. The number of nitrogens with one attached hydrogen (secondary N) is 3. The molecular weight excluding hydrogens is 522 g/mol. The van der Waals surface area contributed by atoms with Gasteiger partial charge in [0.05, 0.1) is 11.1 Å². The summed E-state index contributed by atoms with van der Waals surface area (Å²) in [6.45, 7) is 11.5. The largest absolute Gasteiger partial charge is 0.425 e. The average Bonchev–Trinajstić information content (AvgIpc) is 3.74. The highest BCUT2D eigenvalue weighted by Gasteiger charge is 2.49. The van der Waals surface area contributed by atoms with Crippen LogP contribution in [-0.4, -0.2) is 58.4 Å². The molecule has 1 saturated carbocycles. The SMILES string of the molecule is C=C1OC(=O)[C@@H]2CCCN(N2)C(=O)[C@H](C)NC(=O)[C@H](C(C)(C)C)NC(=O)C2(/C=C/c3cc4cc1ccc4cn3)CC2. The van der Waals surface area contributed by atoms with Gasteiger partial charge in [0.25, 0.3) is 5.91 Å². The van der Waals surface area contributed by atoms with Crippen LogP contribution in [0.1, 0.15) is 64.6 Å². The summed E-state index contributed by atoms with van der Waals surface area (Å²) in [7, 11) is 0. The first kappa shape index (κ1) is 28.5. The molecule has 2 aliphatic heterocycles. The quantitative estimate of drug-likeness (QED) is 0.423. The Morgan fingerprint density at radius 1 is 1.07 bits per heavy atom. The summed E-state index contributed by atoms with van der Waals surface area (Å²) in [5.41, 5.74) is 2.94. The predicted octanol–water partition coefficient (Wildman–Crippen LogP) is 3.09. The lowest BCUT2D eigenvalue weighted by atomic mass is 9.85. The molecule has 3 aliphatic rings. The lowest BCUT2D eigenvalue weighted by Crippen LogP contribution is -2.61. The molecule has 5 rings (SSSR count). The molecule has 2 fully saturated rings. The standard InChI is InChI=1S/C31H37N5O5/c1-18-27(38)36-14-6-7-24(35-36)28(39)41-19(2)20-8-9-21-17-32-23(16-22(21)15-20)10-11-31(12-13-31)29(40)34-25(26(37)33-18)30(3,4)5/h8-11,15-18,24-25,35H,2,6-7,12-14H2,1,3-5H3,(H,33,37)(H,34,40)/b11-10+/t18-,24-,25+/m0/s1. The first-order chi connectivity index (χ1) is 19.4. The number of esters is 1. The number of benzene rings is 1. The van der Waals surface area contributed by atoms with Gasteiger partial charge in [-0.05, 0) is 61.6 Å². The Hall–Kier alpha value is -4.05. The summed E-state index contributed by atoms with van der Waals surface area (Å²) < 4.78 is 5.62. The van der Waals surface area contributed by atoms with Crippen molar-refractivity contribution in [2.45, 2.75) is 71.5 Å². The van der Waals surface area contributed by atoms with Gasteiger partial charge in [-0.25, -0.2) is 10.2 Å². The number of aromatic nitrogens is 1. The van der Waals surface area contributed by atoms with Gasteiger partial charge in [0.1, 0.15) is 23.9 Å². The van der Waals surface area contributed by atoms with Gasteiger partial charge < -0.3 is 15.4 Å². The summed E-state index contributed by atoms with van der Waals surface area (Å²) in [5.74, 6) is -1.42. The summed E-state index contributed by atoms with van der Waals surface area (Å²) in [6.07, 6.45) is 7.81. The van der Waals surface area contributed by atoms with Gasteiger partial charge >= 0.3 is 5.97 Å². The van der Waals surface area contributed by atoms with Crippen molar-refractivity contribution in [3.05, 3.63) is 54.4 Å². The highest BCUT2D eigenvalue weighted by atomic mass is 16.5. The number of nitrogens with zero attached hydrogens (tertiary/aromatic N) is 2. The summed E-state index contributed by atoms with van der Waals surface area (Å²) in [5, 5.41) is 8.86. The van der Waals surface area contributed by atoms with Crippen LogP contribution in [0.2, 0.25) is 0 Å². The number of cyclic esters (lactones) is 1. The number of amides is 3. The fourth-order valence-corrected chi connectivity index (χ4v) is 5.18. The van der Waals surface area contributed by atoms with E-state index >= 15 is 0 Å². The Kier molecular flexibility index (Phi) is 7.46. The Morgan fingerprint density at radius 3 is 2.54 bits per heavy atom. The molecule has 1 saturated heterocycles. The van der Waals surface area contributed by atoms with E-state index in [1.807, 2.05) is 57.2 Å². The minimum absolute atomic E-state index is 0.199. The molecule has 2 aromatic rings. The zero-order chi connectivity index (χ0) is 29.5. The molecule has 41 heavy (non-hydrogen) atoms. The Balaban J connectivity index is 1.50. The van der Waals surface area contributed by atoms with Crippen molar-refractivity contribution in [1.82, 2.24) is 26.1 Å². The van der Waals surface area contributed by atoms with Gasteiger partial charge in [-0.3, -0.25) is 24.4 Å². The molecule has 216 valence electrons. The Bertz CT molecular complexity index is 1450. The lowest BCUT2D eigenvalue weighted by molar-refractivity contribution is -0.148. The van der Waals surface area contributed by atoms with Crippen molar-refractivity contribution in [2.24, 2.45) is 10.8 Å². The molecule has 1 aromatic heterocycles. The van der Waals surface area contributed by atoms with Gasteiger partial charge in [0.15, 0.2) is 0 Å². The van der Waals surface area contributed by atoms with Crippen LogP contribution in [-0.2, 0) is 23.9 Å². The van der Waals surface area contributed by atoms with Crippen LogP contribution in [0.15, 0.2) is 43.1 Å². The molecule has 0 radical (unpaired) electrons. The minimum Gasteiger partial charge on any atom is -0.425 e. The zero-order valence-corrected chi connectivity index (χ0v) is 24.0. The van der Waals surface area contributed by atoms with Crippen LogP contribution in [0.25, 0.3) is 22.6 Å². The number of pyridine rings is 1. The number of fused-ring (bicyclic) bond motifs is 4. The smallest absolute Gasteiger partial charge is 0.330 e. The van der Waals surface area contributed by atoms with Crippen molar-refractivity contribution in [3.63, 3.8) is 0 Å². The van der Waals surface area contributed by atoms with E-state index in [1.165, 1.54) is 5.01 Å². The average molecular weight is 560 g/mol. The third-order valence-electron chi connectivity index (χ3n) is 7.97. The topological polar surface area (TPSA) is 130 Å². The van der Waals surface area contributed by atoms with Crippen LogP contribution in [0, 0.1) is 10.8 Å². The van der Waals surface area contributed by atoms with Gasteiger partial charge in [-0.2, -0.15) is 0 Å². The third kappa shape index (κ3) is 6.02. The molecule has 3 heterocycles. The summed E-state index contributed by atoms with van der Waals surface area (Å²) in [4.78, 5) is 57.7. The maximum Gasteiger partial charge on any atom is 0.330 e. The Morgan fingerprint density at radius 2 is 1.83 bits per heavy atom. The molecule has 1 aromatic carbocycles. The summed E-state index contributed by atoms with van der Waals surface area (Å²) in [6, 6.07) is 4.96. The fourth-order valence-electron chi connectivity index (χ4n) is 5.18. The normalized spacial score (nSPS) is 26.4. The van der Waals surface area contributed by atoms with E-state index in [1.54, 1.807) is 13.1 Å². The second-order valence-corrected chi connectivity index (χ2v) is 12.3. The van der Waals surface area contributed by atoms with Gasteiger partial charge in [0.2, 0.25) is 11.8 Å². The number of hydrogen-bond acceptors (Lipinski definition) is 7. The molecule has 1 aliphatic carbocycles. The predicted molar refractivity (Wildman–Crippen MR) is 154 cm³/mol. The molecule has 3 amide bonds. The number of hydrogen-bond donors (Lipinski definition) is 3. The van der Waals surface area contributed by atoms with E-state index < -0.39 is 46.7 Å². The number of rotatable bonds is 0. The number of hydrazine groups is 1. The maximum absolute atomic E-state index is 13.5. The highest BCUT2D eigenvalue weighted by molar-refractivity contribution is 5.96. The second kappa shape index (κ2) is 10.7. The van der Waals surface area contributed by atoms with Crippen LogP contribution >= 0.6 is 0 Å². The first-order valence-corrected chi connectivity index (χ1v) is 14.1. The van der Waals surface area contributed by atoms with E-state index in [4.69, 9.17) is 4.74 Å². The molecule has 3 atom stereocenters. The molecule has 5 bridgehead atoms. The van der Waals surface area contributed by atoms with Crippen molar-refractivity contribution >= 4 is 46.3 Å². The van der Waals surface area contributed by atoms with E-state index in [9.17, 15) is 19.2 Å². The monoisotopic (exact) mass is 559 g/mol. The summed E-state index contributed by atoms with van der Waals surface area (Å²) >= 11 is 0. The molecule has 0 unspecified atom stereocenters. The van der Waals surface area contributed by atoms with E-state index in [2.05, 4.69) is 27.6 Å². The minimum atomic E-state index is -0.894. The van der Waals surface area contributed by atoms with Gasteiger partial charge in [-0.1, -0.05) is 45.6 Å². The van der Waals surface area contributed by atoms with E-state index in [-0.39, 0.29) is 11.7 Å². The van der Waals surface area contributed by atoms with Crippen LogP contribution in [0.4, 0.5) is 0 Å². The van der Waals surface area contributed by atoms with Crippen molar-refractivity contribution in [1.29, 1.82) is 0 Å². The second-order valence-electron chi connectivity index (χ2n) is 12.3. The van der Waals surface area contributed by atoms with Crippen LogP contribution < -0.4 is 16.1 Å². The fraction of sp³-hybridized carbons (Fsp3) is 0.452. The third-order valence-corrected chi connectivity index (χ3v) is 7.97. The van der Waals surface area contributed by atoms with Gasteiger partial charge in [-0.15, -0.1) is 0 Å². The van der Waals surface area contributed by atoms with E-state index in [0.29, 0.717) is 43.5 Å². The molecule has 10 nitrogen and oxygen atoms in total.